The Labute approximate surface area is 166 Å². The predicted octanol–water partition coefficient (Wildman–Crippen LogP) is 6.91. The van der Waals surface area contributed by atoms with Crippen LogP contribution in [0.4, 0.5) is 5.69 Å². The minimum absolute atomic E-state index is 0.0706. The SMILES string of the molecule is CC1(C)c2cc(-c3ccccc3)ccc2-c2cc(-c3ccccc3)c(N)cc21. The van der Waals surface area contributed by atoms with Gasteiger partial charge in [0.2, 0.25) is 0 Å². The van der Waals surface area contributed by atoms with E-state index in [2.05, 4.69) is 98.8 Å². The number of nitrogen functional groups attached to an aromatic ring is 1. The number of fused-ring (bicyclic) bond motifs is 3. The maximum absolute atomic E-state index is 6.50. The average molecular weight is 361 g/mol. The lowest BCUT2D eigenvalue weighted by molar-refractivity contribution is 0.661. The molecule has 0 aromatic heterocycles. The molecule has 4 aromatic rings. The molecular weight excluding hydrogens is 338 g/mol. The second kappa shape index (κ2) is 6.10. The molecule has 1 aliphatic rings. The summed E-state index contributed by atoms with van der Waals surface area (Å²) in [6, 6.07) is 32.3. The summed E-state index contributed by atoms with van der Waals surface area (Å²) >= 11 is 0. The van der Waals surface area contributed by atoms with E-state index in [1.54, 1.807) is 0 Å². The zero-order valence-electron chi connectivity index (χ0n) is 16.2. The van der Waals surface area contributed by atoms with Crippen LogP contribution in [0.3, 0.4) is 0 Å². The normalized spacial score (nSPS) is 13.8. The fourth-order valence-electron chi connectivity index (χ4n) is 4.48. The van der Waals surface area contributed by atoms with Gasteiger partial charge in [-0.3, -0.25) is 0 Å². The van der Waals surface area contributed by atoms with Crippen molar-refractivity contribution in [2.75, 3.05) is 5.73 Å². The maximum Gasteiger partial charge on any atom is 0.0397 e. The van der Waals surface area contributed by atoms with Gasteiger partial charge in [-0.05, 0) is 57.1 Å². The third-order valence-electron chi connectivity index (χ3n) is 6.04. The molecule has 136 valence electrons. The van der Waals surface area contributed by atoms with E-state index in [1.807, 2.05) is 6.07 Å². The number of hydrogen-bond donors (Lipinski definition) is 1. The van der Waals surface area contributed by atoms with Gasteiger partial charge in [-0.2, -0.15) is 0 Å². The first-order valence-electron chi connectivity index (χ1n) is 9.75. The molecule has 0 amide bonds. The van der Waals surface area contributed by atoms with Crippen LogP contribution in [0.25, 0.3) is 33.4 Å². The summed E-state index contributed by atoms with van der Waals surface area (Å²) < 4.78 is 0. The molecule has 0 aliphatic heterocycles. The molecule has 0 saturated heterocycles. The summed E-state index contributed by atoms with van der Waals surface area (Å²) in [6.45, 7) is 4.60. The average Bonchev–Trinajstić information content (AvgIpc) is 2.95. The van der Waals surface area contributed by atoms with Gasteiger partial charge in [0.1, 0.15) is 0 Å². The van der Waals surface area contributed by atoms with E-state index < -0.39 is 0 Å². The topological polar surface area (TPSA) is 26.0 Å². The van der Waals surface area contributed by atoms with Crippen LogP contribution in [0.15, 0.2) is 91.0 Å². The van der Waals surface area contributed by atoms with Crippen molar-refractivity contribution in [1.29, 1.82) is 0 Å². The van der Waals surface area contributed by atoms with Crippen molar-refractivity contribution < 1.29 is 0 Å². The van der Waals surface area contributed by atoms with Gasteiger partial charge in [-0.1, -0.05) is 86.6 Å². The zero-order chi connectivity index (χ0) is 19.3. The summed E-state index contributed by atoms with van der Waals surface area (Å²) in [5, 5.41) is 0. The first-order chi connectivity index (χ1) is 13.6. The Hall–Kier alpha value is -3.32. The second-order valence-electron chi connectivity index (χ2n) is 8.10. The van der Waals surface area contributed by atoms with Gasteiger partial charge in [-0.25, -0.2) is 0 Å². The highest BCUT2D eigenvalue weighted by Gasteiger charge is 2.36. The van der Waals surface area contributed by atoms with Gasteiger partial charge < -0.3 is 5.73 Å². The van der Waals surface area contributed by atoms with E-state index in [9.17, 15) is 0 Å². The number of anilines is 1. The van der Waals surface area contributed by atoms with Crippen molar-refractivity contribution >= 4 is 5.69 Å². The van der Waals surface area contributed by atoms with Crippen molar-refractivity contribution in [3.8, 4) is 33.4 Å². The van der Waals surface area contributed by atoms with E-state index in [4.69, 9.17) is 5.73 Å². The Bertz CT molecular complexity index is 1170. The maximum atomic E-state index is 6.50. The van der Waals surface area contributed by atoms with Gasteiger partial charge in [0.15, 0.2) is 0 Å². The Morgan fingerprint density at radius 2 is 1.14 bits per heavy atom. The minimum Gasteiger partial charge on any atom is -0.398 e. The molecule has 1 heteroatoms. The summed E-state index contributed by atoms with van der Waals surface area (Å²) in [4.78, 5) is 0. The monoisotopic (exact) mass is 361 g/mol. The lowest BCUT2D eigenvalue weighted by Crippen LogP contribution is -2.15. The molecule has 0 atom stereocenters. The van der Waals surface area contributed by atoms with Crippen molar-refractivity contribution in [2.45, 2.75) is 19.3 Å². The van der Waals surface area contributed by atoms with Gasteiger partial charge >= 0.3 is 0 Å². The van der Waals surface area contributed by atoms with Crippen LogP contribution in [0.5, 0.6) is 0 Å². The van der Waals surface area contributed by atoms with E-state index in [1.165, 1.54) is 33.4 Å². The summed E-state index contributed by atoms with van der Waals surface area (Å²) in [5.41, 5.74) is 17.3. The lowest BCUT2D eigenvalue weighted by atomic mass is 9.81. The number of nitrogens with two attached hydrogens (primary N) is 1. The van der Waals surface area contributed by atoms with Crippen LogP contribution in [0.2, 0.25) is 0 Å². The standard InChI is InChI=1S/C27H23N/c1-27(2)24-15-20(18-9-5-3-6-10-18)13-14-21(24)23-16-22(26(28)17-25(23)27)19-11-7-4-8-12-19/h3-17H,28H2,1-2H3. The van der Waals surface area contributed by atoms with E-state index in [-0.39, 0.29) is 5.41 Å². The third kappa shape index (κ3) is 2.47. The van der Waals surface area contributed by atoms with Gasteiger partial charge in [0.25, 0.3) is 0 Å². The molecular formula is C27H23N. The van der Waals surface area contributed by atoms with Gasteiger partial charge in [0.05, 0.1) is 0 Å². The number of benzene rings is 4. The van der Waals surface area contributed by atoms with E-state index in [0.717, 1.165) is 16.8 Å². The smallest absolute Gasteiger partial charge is 0.0397 e. The fourth-order valence-corrected chi connectivity index (χ4v) is 4.48. The summed E-state index contributed by atoms with van der Waals surface area (Å²) in [5.74, 6) is 0. The highest BCUT2D eigenvalue weighted by Crippen LogP contribution is 2.51. The Morgan fingerprint density at radius 3 is 1.82 bits per heavy atom. The molecule has 1 nitrogen and oxygen atoms in total. The first-order valence-corrected chi connectivity index (χ1v) is 9.75. The minimum atomic E-state index is -0.0706. The number of hydrogen-bond acceptors (Lipinski definition) is 1. The third-order valence-corrected chi connectivity index (χ3v) is 6.04. The summed E-state index contributed by atoms with van der Waals surface area (Å²) in [6.07, 6.45) is 0. The molecule has 0 radical (unpaired) electrons. The van der Waals surface area contributed by atoms with E-state index in [0.29, 0.717) is 0 Å². The Kier molecular flexibility index (Phi) is 3.67. The van der Waals surface area contributed by atoms with Crippen LogP contribution in [-0.2, 0) is 5.41 Å². The molecule has 28 heavy (non-hydrogen) atoms. The van der Waals surface area contributed by atoms with Crippen LogP contribution in [-0.4, -0.2) is 0 Å². The highest BCUT2D eigenvalue weighted by atomic mass is 14.6. The number of rotatable bonds is 2. The molecule has 5 rings (SSSR count). The fraction of sp³-hybridized carbons (Fsp3) is 0.111. The van der Waals surface area contributed by atoms with Crippen LogP contribution in [0, 0.1) is 0 Å². The van der Waals surface area contributed by atoms with Gasteiger partial charge in [-0.15, -0.1) is 0 Å². The largest absolute Gasteiger partial charge is 0.398 e. The first kappa shape index (κ1) is 16.8. The Morgan fingerprint density at radius 1 is 0.536 bits per heavy atom. The van der Waals surface area contributed by atoms with Crippen LogP contribution in [0.1, 0.15) is 25.0 Å². The molecule has 1 aliphatic carbocycles. The molecule has 0 heterocycles. The summed E-state index contributed by atoms with van der Waals surface area (Å²) in [7, 11) is 0. The van der Waals surface area contributed by atoms with Gasteiger partial charge in [0, 0.05) is 16.7 Å². The van der Waals surface area contributed by atoms with Crippen LogP contribution >= 0.6 is 0 Å². The molecule has 2 N–H and O–H groups in total. The quantitative estimate of drug-likeness (QED) is 0.386. The van der Waals surface area contributed by atoms with Crippen molar-refractivity contribution in [3.63, 3.8) is 0 Å². The zero-order valence-corrected chi connectivity index (χ0v) is 16.2. The molecule has 4 aromatic carbocycles. The molecule has 0 saturated carbocycles. The molecule has 0 bridgehead atoms. The molecule has 0 fully saturated rings. The molecule has 0 unspecified atom stereocenters. The molecule has 0 spiro atoms. The Balaban J connectivity index is 1.71. The van der Waals surface area contributed by atoms with Crippen LogP contribution < -0.4 is 5.73 Å². The second-order valence-corrected chi connectivity index (χ2v) is 8.10. The highest BCUT2D eigenvalue weighted by molar-refractivity contribution is 5.90. The van der Waals surface area contributed by atoms with Crippen molar-refractivity contribution in [2.24, 2.45) is 0 Å². The lowest BCUT2D eigenvalue weighted by Gasteiger charge is -2.23. The van der Waals surface area contributed by atoms with Crippen molar-refractivity contribution in [1.82, 2.24) is 0 Å². The predicted molar refractivity (Wildman–Crippen MR) is 119 cm³/mol. The van der Waals surface area contributed by atoms with Crippen molar-refractivity contribution in [3.05, 3.63) is 102 Å². The van der Waals surface area contributed by atoms with E-state index >= 15 is 0 Å².